The van der Waals surface area contributed by atoms with Crippen LogP contribution >= 0.6 is 27.5 Å². The first kappa shape index (κ1) is 17.9. The number of aliphatic hydroxyl groups is 2. The second-order valence-corrected chi connectivity index (χ2v) is 6.97. The molecule has 0 saturated carbocycles. The van der Waals surface area contributed by atoms with Crippen molar-refractivity contribution in [3.63, 3.8) is 0 Å². The van der Waals surface area contributed by atoms with E-state index in [-0.39, 0.29) is 0 Å². The van der Waals surface area contributed by atoms with E-state index in [0.717, 1.165) is 16.6 Å². The SMILES string of the molecule is CCN(CCC(O)c1ccc(Br)cc1Cl)CC(C)(C)O. The zero-order valence-corrected chi connectivity index (χ0v) is 14.6. The fourth-order valence-electron chi connectivity index (χ4n) is 2.13. The molecule has 114 valence electrons. The minimum Gasteiger partial charge on any atom is -0.389 e. The molecule has 0 aromatic heterocycles. The van der Waals surface area contributed by atoms with Gasteiger partial charge in [0, 0.05) is 22.6 Å². The lowest BCUT2D eigenvalue weighted by atomic mass is 10.1. The summed E-state index contributed by atoms with van der Waals surface area (Å²) in [6, 6.07) is 5.50. The molecular weight excluding hydrogens is 342 g/mol. The predicted octanol–water partition coefficient (Wildman–Crippen LogP) is 3.62. The van der Waals surface area contributed by atoms with Crippen molar-refractivity contribution in [2.45, 2.75) is 38.9 Å². The summed E-state index contributed by atoms with van der Waals surface area (Å²) in [5.41, 5.74) is 0.0186. The molecule has 0 fully saturated rings. The Hall–Kier alpha value is -0.130. The van der Waals surface area contributed by atoms with Gasteiger partial charge in [-0.1, -0.05) is 40.5 Å². The molecule has 0 aliphatic rings. The van der Waals surface area contributed by atoms with E-state index >= 15 is 0 Å². The second-order valence-electron chi connectivity index (χ2n) is 5.65. The molecule has 1 aromatic rings. The maximum atomic E-state index is 10.2. The number of rotatable bonds is 7. The zero-order chi connectivity index (χ0) is 15.3. The van der Waals surface area contributed by atoms with Crippen molar-refractivity contribution < 1.29 is 10.2 Å². The summed E-state index contributed by atoms with van der Waals surface area (Å²) < 4.78 is 0.899. The van der Waals surface area contributed by atoms with Gasteiger partial charge in [-0.25, -0.2) is 0 Å². The van der Waals surface area contributed by atoms with E-state index in [1.807, 2.05) is 19.1 Å². The van der Waals surface area contributed by atoms with Crippen LogP contribution in [-0.4, -0.2) is 40.3 Å². The minimum absolute atomic E-state index is 0.567. The fraction of sp³-hybridized carbons (Fsp3) is 0.600. The van der Waals surface area contributed by atoms with E-state index in [1.54, 1.807) is 19.9 Å². The Bertz CT molecular complexity index is 434. The maximum Gasteiger partial charge on any atom is 0.0816 e. The normalized spacial score (nSPS) is 13.8. The van der Waals surface area contributed by atoms with Crippen molar-refractivity contribution in [2.75, 3.05) is 19.6 Å². The Kier molecular flexibility index (Phi) is 6.95. The number of aliphatic hydroxyl groups excluding tert-OH is 1. The molecule has 1 aromatic carbocycles. The van der Waals surface area contributed by atoms with Crippen molar-refractivity contribution in [3.05, 3.63) is 33.3 Å². The van der Waals surface area contributed by atoms with Crippen molar-refractivity contribution in [2.24, 2.45) is 0 Å². The largest absolute Gasteiger partial charge is 0.389 e. The van der Waals surface area contributed by atoms with Crippen LogP contribution in [0, 0.1) is 0 Å². The third-order valence-electron chi connectivity index (χ3n) is 3.10. The summed E-state index contributed by atoms with van der Waals surface area (Å²) in [7, 11) is 0. The highest BCUT2D eigenvalue weighted by molar-refractivity contribution is 9.10. The Labute approximate surface area is 134 Å². The molecule has 20 heavy (non-hydrogen) atoms. The number of halogens is 2. The average molecular weight is 365 g/mol. The summed E-state index contributed by atoms with van der Waals surface area (Å²) in [6.45, 7) is 7.77. The van der Waals surface area contributed by atoms with E-state index in [4.69, 9.17) is 11.6 Å². The van der Waals surface area contributed by atoms with Crippen LogP contribution in [-0.2, 0) is 0 Å². The van der Waals surface area contributed by atoms with Gasteiger partial charge < -0.3 is 15.1 Å². The van der Waals surface area contributed by atoms with Crippen LogP contribution < -0.4 is 0 Å². The number of hydrogen-bond acceptors (Lipinski definition) is 3. The first-order valence-corrected chi connectivity index (χ1v) is 7.98. The van der Waals surface area contributed by atoms with Crippen LogP contribution in [0.4, 0.5) is 0 Å². The highest BCUT2D eigenvalue weighted by atomic mass is 79.9. The first-order valence-electron chi connectivity index (χ1n) is 6.80. The summed E-state index contributed by atoms with van der Waals surface area (Å²) in [6.07, 6.45) is -0.00268. The monoisotopic (exact) mass is 363 g/mol. The third kappa shape index (κ3) is 6.10. The van der Waals surface area contributed by atoms with Crippen LogP contribution in [0.2, 0.25) is 5.02 Å². The fourth-order valence-corrected chi connectivity index (χ4v) is 2.93. The smallest absolute Gasteiger partial charge is 0.0816 e. The standard InChI is InChI=1S/C15H23BrClNO2/c1-4-18(10-15(2,3)20)8-7-14(19)12-6-5-11(16)9-13(12)17/h5-6,9,14,19-20H,4,7-8,10H2,1-3H3. The maximum absolute atomic E-state index is 10.2. The Morgan fingerprint density at radius 3 is 2.55 bits per heavy atom. The van der Waals surface area contributed by atoms with Gasteiger partial charge in [-0.2, -0.15) is 0 Å². The van der Waals surface area contributed by atoms with Crippen LogP contribution in [0.1, 0.15) is 38.9 Å². The molecule has 2 N–H and O–H groups in total. The van der Waals surface area contributed by atoms with Crippen molar-refractivity contribution in [1.82, 2.24) is 4.90 Å². The number of benzene rings is 1. The van der Waals surface area contributed by atoms with Crippen molar-refractivity contribution in [3.8, 4) is 0 Å². The molecule has 0 saturated heterocycles. The molecule has 1 unspecified atom stereocenters. The molecule has 5 heteroatoms. The van der Waals surface area contributed by atoms with Gasteiger partial charge in [0.05, 0.1) is 11.7 Å². The summed E-state index contributed by atoms with van der Waals surface area (Å²) in [4.78, 5) is 2.12. The van der Waals surface area contributed by atoms with Gasteiger partial charge in [0.15, 0.2) is 0 Å². The number of nitrogens with zero attached hydrogens (tertiary/aromatic N) is 1. The molecule has 0 heterocycles. The van der Waals surface area contributed by atoms with Gasteiger partial charge in [0.25, 0.3) is 0 Å². The van der Waals surface area contributed by atoms with Gasteiger partial charge in [0.1, 0.15) is 0 Å². The van der Waals surface area contributed by atoms with Gasteiger partial charge in [-0.3, -0.25) is 0 Å². The average Bonchev–Trinajstić information content (AvgIpc) is 2.32. The molecule has 0 radical (unpaired) electrons. The van der Waals surface area contributed by atoms with Gasteiger partial charge in [-0.05, 0) is 44.5 Å². The molecule has 0 aliphatic carbocycles. The second kappa shape index (κ2) is 7.76. The molecule has 3 nitrogen and oxygen atoms in total. The Morgan fingerprint density at radius 1 is 1.40 bits per heavy atom. The van der Waals surface area contributed by atoms with Crippen LogP contribution in [0.25, 0.3) is 0 Å². The lowest BCUT2D eigenvalue weighted by Crippen LogP contribution is -2.39. The van der Waals surface area contributed by atoms with Gasteiger partial charge >= 0.3 is 0 Å². The minimum atomic E-state index is -0.726. The zero-order valence-electron chi connectivity index (χ0n) is 12.2. The molecular formula is C15H23BrClNO2. The molecule has 0 aliphatic heterocycles. The number of hydrogen-bond donors (Lipinski definition) is 2. The molecule has 0 bridgehead atoms. The molecule has 1 rings (SSSR count). The highest BCUT2D eigenvalue weighted by Crippen LogP contribution is 2.28. The summed E-state index contributed by atoms with van der Waals surface area (Å²) in [5, 5.41) is 20.7. The van der Waals surface area contributed by atoms with Crippen molar-refractivity contribution >= 4 is 27.5 Å². The van der Waals surface area contributed by atoms with E-state index in [1.165, 1.54) is 0 Å². The van der Waals surface area contributed by atoms with Crippen LogP contribution in [0.15, 0.2) is 22.7 Å². The first-order chi connectivity index (χ1) is 9.23. The van der Waals surface area contributed by atoms with E-state index < -0.39 is 11.7 Å². The summed E-state index contributed by atoms with van der Waals surface area (Å²) >= 11 is 9.49. The summed E-state index contributed by atoms with van der Waals surface area (Å²) in [5.74, 6) is 0. The lowest BCUT2D eigenvalue weighted by molar-refractivity contribution is 0.0322. The number of likely N-dealkylation sites (N-methyl/N-ethyl adjacent to an activating group) is 1. The van der Waals surface area contributed by atoms with Crippen LogP contribution in [0.5, 0.6) is 0 Å². The van der Waals surface area contributed by atoms with Gasteiger partial charge in [-0.15, -0.1) is 0 Å². The molecule has 0 amide bonds. The molecule has 0 spiro atoms. The lowest BCUT2D eigenvalue weighted by Gasteiger charge is -2.28. The van der Waals surface area contributed by atoms with Crippen molar-refractivity contribution in [1.29, 1.82) is 0 Å². The van der Waals surface area contributed by atoms with E-state index in [0.29, 0.717) is 24.5 Å². The molecule has 1 atom stereocenters. The van der Waals surface area contributed by atoms with E-state index in [2.05, 4.69) is 20.8 Å². The Morgan fingerprint density at radius 2 is 2.05 bits per heavy atom. The third-order valence-corrected chi connectivity index (χ3v) is 3.92. The Balaban J connectivity index is 2.59. The topological polar surface area (TPSA) is 43.7 Å². The van der Waals surface area contributed by atoms with E-state index in [9.17, 15) is 10.2 Å². The predicted molar refractivity (Wildman–Crippen MR) is 87.1 cm³/mol. The van der Waals surface area contributed by atoms with Crippen LogP contribution in [0.3, 0.4) is 0 Å². The highest BCUT2D eigenvalue weighted by Gasteiger charge is 2.19. The quantitative estimate of drug-likeness (QED) is 0.776. The van der Waals surface area contributed by atoms with Gasteiger partial charge in [0.2, 0.25) is 0 Å².